The number of β-amino-alcohol motifs (C(OH)–C–C–N with tert-alkyl or cyclic N) is 1. The van der Waals surface area contributed by atoms with Crippen LogP contribution in [-0.2, 0) is 10.0 Å². The van der Waals surface area contributed by atoms with E-state index in [9.17, 15) is 23.6 Å². The van der Waals surface area contributed by atoms with Gasteiger partial charge in [0.15, 0.2) is 0 Å². The van der Waals surface area contributed by atoms with E-state index < -0.39 is 26.7 Å². The van der Waals surface area contributed by atoms with Crippen LogP contribution < -0.4 is 0 Å². The summed E-state index contributed by atoms with van der Waals surface area (Å²) in [5.41, 5.74) is -0.107. The minimum absolute atomic E-state index is 0.00179. The lowest BCUT2D eigenvalue weighted by Crippen LogP contribution is -2.42. The van der Waals surface area contributed by atoms with E-state index in [1.165, 1.54) is 13.0 Å². The predicted molar refractivity (Wildman–Crippen MR) is 76.8 cm³/mol. The molecular weight excluding hydrogens is 320 g/mol. The molecule has 21 heavy (non-hydrogen) atoms. The van der Waals surface area contributed by atoms with Gasteiger partial charge in [-0.1, -0.05) is 11.6 Å². The predicted octanol–water partition coefficient (Wildman–Crippen LogP) is 1.70. The highest BCUT2D eigenvalue weighted by atomic mass is 35.5. The van der Waals surface area contributed by atoms with Crippen molar-refractivity contribution in [1.82, 2.24) is 4.31 Å². The number of hydrogen-bond acceptors (Lipinski definition) is 5. The molecule has 0 amide bonds. The van der Waals surface area contributed by atoms with E-state index in [0.717, 1.165) is 10.4 Å². The molecule has 1 atom stereocenters. The van der Waals surface area contributed by atoms with Crippen LogP contribution in [0.5, 0.6) is 0 Å². The average Bonchev–Trinajstić information content (AvgIpc) is 2.37. The largest absolute Gasteiger partial charge is 0.392 e. The van der Waals surface area contributed by atoms with Crippen LogP contribution in [0.4, 0.5) is 5.69 Å². The van der Waals surface area contributed by atoms with Crippen LogP contribution in [0.15, 0.2) is 17.0 Å². The lowest BCUT2D eigenvalue weighted by Gasteiger charge is -2.29. The molecule has 7 nitrogen and oxygen atoms in total. The van der Waals surface area contributed by atoms with Crippen molar-refractivity contribution in [3.8, 4) is 0 Å². The Morgan fingerprint density at radius 1 is 1.48 bits per heavy atom. The molecule has 1 unspecified atom stereocenters. The third kappa shape index (κ3) is 3.18. The van der Waals surface area contributed by atoms with Gasteiger partial charge in [-0.3, -0.25) is 10.1 Å². The summed E-state index contributed by atoms with van der Waals surface area (Å²) in [4.78, 5) is 10.1. The van der Waals surface area contributed by atoms with Gasteiger partial charge in [-0.2, -0.15) is 4.31 Å². The van der Waals surface area contributed by atoms with Gasteiger partial charge in [-0.25, -0.2) is 8.42 Å². The molecule has 0 saturated carbocycles. The quantitative estimate of drug-likeness (QED) is 0.669. The number of nitro benzene ring substituents is 1. The zero-order valence-electron chi connectivity index (χ0n) is 11.3. The van der Waals surface area contributed by atoms with Gasteiger partial charge < -0.3 is 5.11 Å². The number of benzene rings is 1. The van der Waals surface area contributed by atoms with E-state index in [-0.39, 0.29) is 23.0 Å². The molecule has 1 aliphatic rings. The fraction of sp³-hybridized carbons (Fsp3) is 0.500. The molecule has 9 heteroatoms. The fourth-order valence-electron chi connectivity index (χ4n) is 2.34. The maximum atomic E-state index is 12.6. The first-order chi connectivity index (χ1) is 9.73. The molecule has 0 bridgehead atoms. The maximum Gasteiger partial charge on any atom is 0.289 e. The maximum absolute atomic E-state index is 12.6. The number of halogens is 1. The molecule has 0 spiro atoms. The van der Waals surface area contributed by atoms with E-state index in [0.29, 0.717) is 18.4 Å². The van der Waals surface area contributed by atoms with Crippen molar-refractivity contribution in [3.63, 3.8) is 0 Å². The summed E-state index contributed by atoms with van der Waals surface area (Å²) in [6.07, 6.45) is 0.386. The number of nitrogens with zero attached hydrogens (tertiary/aromatic N) is 2. The lowest BCUT2D eigenvalue weighted by atomic mass is 10.1. The first kappa shape index (κ1) is 16.2. The zero-order valence-corrected chi connectivity index (χ0v) is 12.9. The number of aliphatic hydroxyl groups excluding tert-OH is 1. The normalized spacial score (nSPS) is 20.4. The second-order valence-electron chi connectivity index (χ2n) is 4.99. The summed E-state index contributed by atoms with van der Waals surface area (Å²) < 4.78 is 26.3. The highest BCUT2D eigenvalue weighted by molar-refractivity contribution is 7.89. The van der Waals surface area contributed by atoms with Crippen molar-refractivity contribution in [2.24, 2.45) is 0 Å². The summed E-state index contributed by atoms with van der Waals surface area (Å²) in [6.45, 7) is 1.82. The Balaban J connectivity index is 2.49. The summed E-state index contributed by atoms with van der Waals surface area (Å²) in [5.74, 6) is 0. The van der Waals surface area contributed by atoms with Gasteiger partial charge in [0.05, 0.1) is 15.9 Å². The van der Waals surface area contributed by atoms with Crippen LogP contribution in [-0.4, -0.2) is 41.9 Å². The minimum Gasteiger partial charge on any atom is -0.392 e. The summed E-state index contributed by atoms with van der Waals surface area (Å²) in [5, 5.41) is 20.4. The van der Waals surface area contributed by atoms with E-state index in [1.807, 2.05) is 0 Å². The lowest BCUT2D eigenvalue weighted by molar-refractivity contribution is -0.384. The Morgan fingerprint density at radius 2 is 2.14 bits per heavy atom. The highest BCUT2D eigenvalue weighted by Gasteiger charge is 2.32. The van der Waals surface area contributed by atoms with Gasteiger partial charge in [0.1, 0.15) is 5.02 Å². The van der Waals surface area contributed by atoms with E-state index >= 15 is 0 Å². The molecule has 1 fully saturated rings. The van der Waals surface area contributed by atoms with E-state index in [4.69, 9.17) is 11.6 Å². The molecule has 1 aromatic rings. The Morgan fingerprint density at radius 3 is 2.71 bits per heavy atom. The number of sulfonamides is 1. The highest BCUT2D eigenvalue weighted by Crippen LogP contribution is 2.32. The SMILES string of the molecule is Cc1cc(Cl)c([N+](=O)[O-])cc1S(=O)(=O)N1CCCC(O)C1. The molecule has 2 rings (SSSR count). The molecular formula is C12H15ClN2O5S. The number of aliphatic hydroxyl groups is 1. The Bertz CT molecular complexity index is 676. The molecule has 1 heterocycles. The van der Waals surface area contributed by atoms with Gasteiger partial charge in [0.2, 0.25) is 10.0 Å². The molecule has 116 valence electrons. The number of aryl methyl sites for hydroxylation is 1. The molecule has 0 radical (unpaired) electrons. The number of piperidine rings is 1. The van der Waals surface area contributed by atoms with Crippen molar-refractivity contribution >= 4 is 27.3 Å². The van der Waals surface area contributed by atoms with Gasteiger partial charge in [-0.15, -0.1) is 0 Å². The van der Waals surface area contributed by atoms with E-state index in [2.05, 4.69) is 0 Å². The third-order valence-electron chi connectivity index (χ3n) is 3.42. The molecule has 0 aromatic heterocycles. The Labute approximate surface area is 127 Å². The zero-order chi connectivity index (χ0) is 15.8. The van der Waals surface area contributed by atoms with Gasteiger partial charge in [0.25, 0.3) is 5.69 Å². The third-order valence-corrected chi connectivity index (χ3v) is 5.73. The molecule has 1 aliphatic heterocycles. The summed E-state index contributed by atoms with van der Waals surface area (Å²) in [6, 6.07) is 2.25. The van der Waals surface area contributed by atoms with Crippen LogP contribution >= 0.6 is 11.6 Å². The molecule has 0 aliphatic carbocycles. The smallest absolute Gasteiger partial charge is 0.289 e. The molecule has 1 aromatic carbocycles. The van der Waals surface area contributed by atoms with Crippen LogP contribution in [0, 0.1) is 17.0 Å². The minimum atomic E-state index is -3.89. The Hall–Kier alpha value is -1.22. The van der Waals surface area contributed by atoms with Crippen LogP contribution in [0.1, 0.15) is 18.4 Å². The first-order valence-corrected chi connectivity index (χ1v) is 8.18. The van der Waals surface area contributed by atoms with E-state index in [1.54, 1.807) is 0 Å². The van der Waals surface area contributed by atoms with Gasteiger partial charge >= 0.3 is 0 Å². The summed E-state index contributed by atoms with van der Waals surface area (Å²) >= 11 is 5.77. The molecule has 1 N–H and O–H groups in total. The van der Waals surface area contributed by atoms with Crippen LogP contribution in [0.3, 0.4) is 0 Å². The van der Waals surface area contributed by atoms with Crippen molar-refractivity contribution in [2.75, 3.05) is 13.1 Å². The number of rotatable bonds is 3. The first-order valence-electron chi connectivity index (χ1n) is 6.36. The topological polar surface area (TPSA) is 101 Å². The van der Waals surface area contributed by atoms with Crippen molar-refractivity contribution in [1.29, 1.82) is 0 Å². The fourth-order valence-corrected chi connectivity index (χ4v) is 4.37. The monoisotopic (exact) mass is 334 g/mol. The summed E-state index contributed by atoms with van der Waals surface area (Å²) in [7, 11) is -3.89. The van der Waals surface area contributed by atoms with Crippen molar-refractivity contribution in [3.05, 3.63) is 32.8 Å². The molecule has 1 saturated heterocycles. The standard InChI is InChI=1S/C12H15ClN2O5S/c1-8-5-10(13)11(15(17)18)6-12(8)21(19,20)14-4-2-3-9(16)7-14/h5-6,9,16H,2-4,7H2,1H3. The van der Waals surface area contributed by atoms with Crippen molar-refractivity contribution in [2.45, 2.75) is 30.8 Å². The Kier molecular flexibility index (Phi) is 4.52. The number of nitro groups is 1. The van der Waals surface area contributed by atoms with Gasteiger partial charge in [-0.05, 0) is 31.4 Å². The average molecular weight is 335 g/mol. The second kappa shape index (κ2) is 5.88. The van der Waals surface area contributed by atoms with Crippen LogP contribution in [0.25, 0.3) is 0 Å². The van der Waals surface area contributed by atoms with Crippen molar-refractivity contribution < 1.29 is 18.4 Å². The van der Waals surface area contributed by atoms with Gasteiger partial charge in [0, 0.05) is 19.2 Å². The number of hydrogen-bond donors (Lipinski definition) is 1. The van der Waals surface area contributed by atoms with Crippen LogP contribution in [0.2, 0.25) is 5.02 Å². The second-order valence-corrected chi connectivity index (χ2v) is 7.30.